The van der Waals surface area contributed by atoms with E-state index in [-0.39, 0.29) is 5.92 Å². The third-order valence-corrected chi connectivity index (χ3v) is 3.67. The molecule has 0 aromatic heterocycles. The lowest BCUT2D eigenvalue weighted by molar-refractivity contribution is -0.134. The van der Waals surface area contributed by atoms with Crippen molar-refractivity contribution in [1.29, 1.82) is 0 Å². The first-order chi connectivity index (χ1) is 6.38. The zero-order chi connectivity index (χ0) is 9.10. The molecule has 74 valence electrons. The van der Waals surface area contributed by atoms with Crippen LogP contribution in [-0.2, 0) is 4.79 Å². The molecule has 0 saturated carbocycles. The normalized spacial score (nSPS) is 29.2. The van der Waals surface area contributed by atoms with E-state index in [0.717, 1.165) is 44.1 Å². The van der Waals surface area contributed by atoms with Gasteiger partial charge in [-0.15, -0.1) is 0 Å². The van der Waals surface area contributed by atoms with Crippen molar-refractivity contribution in [1.82, 2.24) is 10.2 Å². The number of hydrogen-bond donors (Lipinski definition) is 1. The van der Waals surface area contributed by atoms with Crippen LogP contribution in [0.2, 0.25) is 0 Å². The predicted octanol–water partition coefficient (Wildman–Crippen LogP) is 0.171. The summed E-state index contributed by atoms with van der Waals surface area (Å²) in [7, 11) is 0. The molecule has 4 heteroatoms. The van der Waals surface area contributed by atoms with Crippen molar-refractivity contribution < 1.29 is 4.79 Å². The highest BCUT2D eigenvalue weighted by atomic mass is 32.2. The van der Waals surface area contributed by atoms with E-state index in [1.807, 2.05) is 16.7 Å². The molecule has 0 spiro atoms. The molecule has 1 N–H and O–H groups in total. The molecular weight excluding hydrogens is 184 g/mol. The Morgan fingerprint density at radius 2 is 2.15 bits per heavy atom. The largest absolute Gasteiger partial charge is 0.341 e. The standard InChI is InChI=1S/C9H16N2OS/c12-9(8-1-2-10-7-8)11-3-5-13-6-4-11/h8,10H,1-7H2/t8-/m1/s1. The first-order valence-corrected chi connectivity index (χ1v) is 6.10. The molecule has 0 aromatic carbocycles. The summed E-state index contributed by atoms with van der Waals surface area (Å²) in [6.07, 6.45) is 1.03. The minimum atomic E-state index is 0.267. The van der Waals surface area contributed by atoms with Gasteiger partial charge in [0.25, 0.3) is 0 Å². The monoisotopic (exact) mass is 200 g/mol. The molecule has 0 aromatic rings. The second kappa shape index (κ2) is 4.33. The van der Waals surface area contributed by atoms with E-state index in [1.165, 1.54) is 0 Å². The Hall–Kier alpha value is -0.220. The first-order valence-electron chi connectivity index (χ1n) is 4.95. The maximum Gasteiger partial charge on any atom is 0.227 e. The number of amides is 1. The molecule has 0 aliphatic carbocycles. The summed E-state index contributed by atoms with van der Waals surface area (Å²) >= 11 is 1.95. The molecule has 3 nitrogen and oxygen atoms in total. The highest BCUT2D eigenvalue weighted by molar-refractivity contribution is 7.99. The Labute approximate surface area is 83.2 Å². The lowest BCUT2D eigenvalue weighted by atomic mass is 10.1. The van der Waals surface area contributed by atoms with Crippen LogP contribution in [0.1, 0.15) is 6.42 Å². The molecular formula is C9H16N2OS. The summed E-state index contributed by atoms with van der Waals surface area (Å²) in [6, 6.07) is 0. The van der Waals surface area contributed by atoms with E-state index in [1.54, 1.807) is 0 Å². The van der Waals surface area contributed by atoms with Gasteiger partial charge in [-0.3, -0.25) is 4.79 Å². The Morgan fingerprint density at radius 1 is 1.38 bits per heavy atom. The van der Waals surface area contributed by atoms with Gasteiger partial charge in [0.15, 0.2) is 0 Å². The van der Waals surface area contributed by atoms with Crippen molar-refractivity contribution in [2.45, 2.75) is 6.42 Å². The van der Waals surface area contributed by atoms with E-state index < -0.39 is 0 Å². The lowest BCUT2D eigenvalue weighted by Gasteiger charge is -2.28. The molecule has 2 heterocycles. The quantitative estimate of drug-likeness (QED) is 0.655. The number of carbonyl (C=O) groups is 1. The molecule has 0 unspecified atom stereocenters. The van der Waals surface area contributed by atoms with Crippen molar-refractivity contribution in [3.05, 3.63) is 0 Å². The molecule has 0 radical (unpaired) electrons. The molecule has 2 aliphatic heterocycles. The predicted molar refractivity (Wildman–Crippen MR) is 54.9 cm³/mol. The smallest absolute Gasteiger partial charge is 0.227 e. The van der Waals surface area contributed by atoms with Crippen molar-refractivity contribution in [3.63, 3.8) is 0 Å². The fourth-order valence-electron chi connectivity index (χ4n) is 1.91. The highest BCUT2D eigenvalue weighted by Gasteiger charge is 2.27. The van der Waals surface area contributed by atoms with Crippen LogP contribution in [0.4, 0.5) is 0 Å². The molecule has 1 amide bonds. The average Bonchev–Trinajstić information content (AvgIpc) is 2.71. The van der Waals surface area contributed by atoms with E-state index in [9.17, 15) is 4.79 Å². The molecule has 2 rings (SSSR count). The van der Waals surface area contributed by atoms with Crippen molar-refractivity contribution in [2.75, 3.05) is 37.7 Å². The van der Waals surface area contributed by atoms with E-state index >= 15 is 0 Å². The lowest BCUT2D eigenvalue weighted by Crippen LogP contribution is -2.42. The number of thioether (sulfide) groups is 1. The number of rotatable bonds is 1. The van der Waals surface area contributed by atoms with Crippen molar-refractivity contribution in [2.24, 2.45) is 5.92 Å². The summed E-state index contributed by atoms with van der Waals surface area (Å²) in [6.45, 7) is 3.82. The molecule has 2 aliphatic rings. The van der Waals surface area contributed by atoms with E-state index in [2.05, 4.69) is 5.32 Å². The molecule has 13 heavy (non-hydrogen) atoms. The average molecular weight is 200 g/mol. The van der Waals surface area contributed by atoms with Gasteiger partial charge in [0.1, 0.15) is 0 Å². The summed E-state index contributed by atoms with van der Waals surface area (Å²) in [5.74, 6) is 2.88. The number of carbonyl (C=O) groups excluding carboxylic acids is 1. The van der Waals surface area contributed by atoms with Crippen LogP contribution < -0.4 is 5.32 Å². The highest BCUT2D eigenvalue weighted by Crippen LogP contribution is 2.15. The van der Waals surface area contributed by atoms with Crippen LogP contribution in [0, 0.1) is 5.92 Å². The topological polar surface area (TPSA) is 32.3 Å². The van der Waals surface area contributed by atoms with Gasteiger partial charge in [-0.1, -0.05) is 0 Å². The van der Waals surface area contributed by atoms with Gasteiger partial charge in [-0.2, -0.15) is 11.8 Å². The van der Waals surface area contributed by atoms with Gasteiger partial charge >= 0.3 is 0 Å². The van der Waals surface area contributed by atoms with Gasteiger partial charge in [-0.05, 0) is 13.0 Å². The van der Waals surface area contributed by atoms with Crippen LogP contribution in [0.15, 0.2) is 0 Å². The molecule has 1 atom stereocenters. The van der Waals surface area contributed by atoms with Crippen LogP contribution in [0.25, 0.3) is 0 Å². The van der Waals surface area contributed by atoms with Gasteiger partial charge in [0.2, 0.25) is 5.91 Å². The minimum Gasteiger partial charge on any atom is -0.341 e. The first kappa shape index (κ1) is 9.34. The zero-order valence-electron chi connectivity index (χ0n) is 7.79. The Kier molecular flexibility index (Phi) is 3.11. The van der Waals surface area contributed by atoms with Crippen LogP contribution >= 0.6 is 11.8 Å². The third kappa shape index (κ3) is 2.17. The van der Waals surface area contributed by atoms with Crippen LogP contribution in [-0.4, -0.2) is 48.5 Å². The Balaban J connectivity index is 1.87. The van der Waals surface area contributed by atoms with Crippen LogP contribution in [0.3, 0.4) is 0 Å². The van der Waals surface area contributed by atoms with Crippen molar-refractivity contribution >= 4 is 17.7 Å². The Morgan fingerprint density at radius 3 is 2.77 bits per heavy atom. The van der Waals surface area contributed by atoms with Gasteiger partial charge in [-0.25, -0.2) is 0 Å². The third-order valence-electron chi connectivity index (χ3n) is 2.73. The van der Waals surface area contributed by atoms with Crippen LogP contribution in [0.5, 0.6) is 0 Å². The summed E-state index contributed by atoms with van der Waals surface area (Å²) in [5.41, 5.74) is 0. The summed E-state index contributed by atoms with van der Waals surface area (Å²) < 4.78 is 0. The number of nitrogens with zero attached hydrogens (tertiary/aromatic N) is 1. The molecule has 2 saturated heterocycles. The SMILES string of the molecule is O=C([C@@H]1CCNC1)N1CCSCC1. The van der Waals surface area contributed by atoms with Gasteiger partial charge < -0.3 is 10.2 Å². The zero-order valence-corrected chi connectivity index (χ0v) is 8.61. The summed E-state index contributed by atoms with van der Waals surface area (Å²) in [4.78, 5) is 13.9. The molecule has 2 fully saturated rings. The fraction of sp³-hybridized carbons (Fsp3) is 0.889. The maximum absolute atomic E-state index is 11.9. The van der Waals surface area contributed by atoms with E-state index in [0.29, 0.717) is 5.91 Å². The minimum absolute atomic E-state index is 0.267. The fourth-order valence-corrected chi connectivity index (χ4v) is 2.81. The second-order valence-corrected chi connectivity index (χ2v) is 4.85. The van der Waals surface area contributed by atoms with E-state index in [4.69, 9.17) is 0 Å². The Bertz CT molecular complexity index is 186. The number of hydrogen-bond acceptors (Lipinski definition) is 3. The van der Waals surface area contributed by atoms with Crippen molar-refractivity contribution in [3.8, 4) is 0 Å². The summed E-state index contributed by atoms with van der Waals surface area (Å²) in [5, 5.41) is 3.24. The number of nitrogens with one attached hydrogen (secondary N) is 1. The van der Waals surface area contributed by atoms with Gasteiger partial charge in [0, 0.05) is 31.1 Å². The maximum atomic E-state index is 11.9. The second-order valence-electron chi connectivity index (χ2n) is 3.63. The van der Waals surface area contributed by atoms with Gasteiger partial charge in [0.05, 0.1) is 5.92 Å². The molecule has 0 bridgehead atoms.